The third-order valence-corrected chi connectivity index (χ3v) is 2.23. The Morgan fingerprint density at radius 3 is 2.86 bits per heavy atom. The summed E-state index contributed by atoms with van der Waals surface area (Å²) in [4.78, 5) is 3.98. The van der Waals surface area contributed by atoms with E-state index in [1.165, 1.54) is 12.3 Å². The fourth-order valence-corrected chi connectivity index (χ4v) is 1.49. The summed E-state index contributed by atoms with van der Waals surface area (Å²) in [7, 11) is 0. The molecule has 0 radical (unpaired) electrons. The van der Waals surface area contributed by atoms with E-state index in [1.807, 2.05) is 0 Å². The maximum atomic E-state index is 10.8. The van der Waals surface area contributed by atoms with Gasteiger partial charge < -0.3 is 10.4 Å². The minimum Gasteiger partial charge on any atom is -0.733 e. The van der Waals surface area contributed by atoms with E-state index in [9.17, 15) is 5.21 Å². The normalized spacial score (nSPS) is 10.5. The fourth-order valence-electron chi connectivity index (χ4n) is 1.28. The third kappa shape index (κ3) is 1.39. The monoisotopic (exact) mass is 209 g/mol. The predicted molar refractivity (Wildman–Crippen MR) is 54.4 cm³/mol. The van der Waals surface area contributed by atoms with Crippen molar-refractivity contribution in [3.05, 3.63) is 40.7 Å². The second kappa shape index (κ2) is 3.42. The number of hydrogen-bond donors (Lipinski definition) is 1. The van der Waals surface area contributed by atoms with Crippen LogP contribution in [0, 0.1) is 5.21 Å². The maximum absolute atomic E-state index is 10.8. The number of aromatic nitrogens is 1. The second-order valence-corrected chi connectivity index (χ2v) is 3.15. The minimum atomic E-state index is -0.217. The summed E-state index contributed by atoms with van der Waals surface area (Å²) in [5.74, 6) is 0. The Balaban J connectivity index is 2.81. The molecule has 0 unspecified atom stereocenters. The van der Waals surface area contributed by atoms with Crippen molar-refractivity contribution in [3.8, 4) is 0 Å². The van der Waals surface area contributed by atoms with Gasteiger partial charge in [-0.2, -0.15) is 0 Å². The van der Waals surface area contributed by atoms with Crippen molar-refractivity contribution in [2.75, 3.05) is 5.23 Å². The van der Waals surface area contributed by atoms with Crippen LogP contribution in [0.2, 0.25) is 5.02 Å². The van der Waals surface area contributed by atoms with Gasteiger partial charge in [-0.1, -0.05) is 23.7 Å². The zero-order valence-corrected chi connectivity index (χ0v) is 7.77. The van der Waals surface area contributed by atoms with Crippen molar-refractivity contribution in [1.29, 1.82) is 0 Å². The van der Waals surface area contributed by atoms with E-state index in [-0.39, 0.29) is 10.9 Å². The number of hydrogen-bond acceptors (Lipinski definition) is 4. The standard InChI is InChI=1S/C9H6ClN2O2/c10-7-4-5-11-9-6(7)2-1-3-8(9)12(13)14/h1-5,13H/q-1. The summed E-state index contributed by atoms with van der Waals surface area (Å²) < 4.78 is 0. The van der Waals surface area contributed by atoms with Gasteiger partial charge >= 0.3 is 0 Å². The van der Waals surface area contributed by atoms with Crippen LogP contribution in [0.4, 0.5) is 5.69 Å². The van der Waals surface area contributed by atoms with E-state index < -0.39 is 0 Å². The smallest absolute Gasteiger partial charge is 0.0963 e. The first-order valence-corrected chi connectivity index (χ1v) is 4.27. The summed E-state index contributed by atoms with van der Waals surface area (Å²) in [6.07, 6.45) is 1.48. The molecule has 1 aromatic carbocycles. The zero-order valence-electron chi connectivity index (χ0n) is 7.01. The quantitative estimate of drug-likeness (QED) is 0.734. The highest BCUT2D eigenvalue weighted by molar-refractivity contribution is 6.35. The van der Waals surface area contributed by atoms with E-state index in [1.54, 1.807) is 18.2 Å². The number of para-hydroxylation sites is 1. The minimum absolute atomic E-state index is 0.0880. The number of pyridine rings is 1. The van der Waals surface area contributed by atoms with Gasteiger partial charge in [0.25, 0.3) is 0 Å². The van der Waals surface area contributed by atoms with Gasteiger partial charge in [0.1, 0.15) is 0 Å². The van der Waals surface area contributed by atoms with Crippen molar-refractivity contribution in [2.24, 2.45) is 0 Å². The van der Waals surface area contributed by atoms with Gasteiger partial charge in [-0.05, 0) is 12.1 Å². The van der Waals surface area contributed by atoms with Crippen LogP contribution in [-0.4, -0.2) is 10.2 Å². The van der Waals surface area contributed by atoms with Crippen molar-refractivity contribution in [3.63, 3.8) is 0 Å². The third-order valence-electron chi connectivity index (χ3n) is 1.90. The van der Waals surface area contributed by atoms with Crippen molar-refractivity contribution in [1.82, 2.24) is 4.98 Å². The topological polar surface area (TPSA) is 59.4 Å². The van der Waals surface area contributed by atoms with E-state index in [2.05, 4.69) is 4.98 Å². The molecule has 1 heterocycles. The van der Waals surface area contributed by atoms with Gasteiger partial charge in [-0.3, -0.25) is 10.2 Å². The first-order valence-electron chi connectivity index (χ1n) is 3.89. The first-order chi connectivity index (χ1) is 6.70. The van der Waals surface area contributed by atoms with Crippen LogP contribution in [0.5, 0.6) is 0 Å². The van der Waals surface area contributed by atoms with Crippen LogP contribution in [0.3, 0.4) is 0 Å². The lowest BCUT2D eigenvalue weighted by atomic mass is 10.2. The molecule has 0 bridgehead atoms. The molecule has 2 aromatic rings. The molecule has 0 saturated carbocycles. The lowest BCUT2D eigenvalue weighted by Crippen LogP contribution is -2.07. The van der Waals surface area contributed by atoms with E-state index in [0.717, 1.165) is 0 Å². The molecule has 0 amide bonds. The number of halogens is 1. The highest BCUT2D eigenvalue weighted by atomic mass is 35.5. The predicted octanol–water partition coefficient (Wildman–Crippen LogP) is 2.58. The van der Waals surface area contributed by atoms with Gasteiger partial charge in [-0.15, -0.1) is 0 Å². The van der Waals surface area contributed by atoms with Crippen LogP contribution in [0.1, 0.15) is 0 Å². The highest BCUT2D eigenvalue weighted by Crippen LogP contribution is 2.28. The van der Waals surface area contributed by atoms with Gasteiger partial charge in [0.15, 0.2) is 0 Å². The van der Waals surface area contributed by atoms with Crippen LogP contribution in [-0.2, 0) is 0 Å². The number of nitrogens with zero attached hydrogens (tertiary/aromatic N) is 2. The van der Waals surface area contributed by atoms with E-state index >= 15 is 0 Å². The van der Waals surface area contributed by atoms with Crippen molar-refractivity contribution < 1.29 is 5.21 Å². The molecule has 72 valence electrons. The summed E-state index contributed by atoms with van der Waals surface area (Å²) in [5.41, 5.74) is 0.475. The van der Waals surface area contributed by atoms with Gasteiger partial charge in [0, 0.05) is 11.6 Å². The Morgan fingerprint density at radius 2 is 2.14 bits per heavy atom. The molecule has 1 aromatic heterocycles. The van der Waals surface area contributed by atoms with Gasteiger partial charge in [0.05, 0.1) is 16.2 Å². The molecule has 1 N–H and O–H groups in total. The molecule has 4 nitrogen and oxygen atoms in total. The number of rotatable bonds is 1. The molecule has 0 atom stereocenters. The fraction of sp³-hybridized carbons (Fsp3) is 0. The van der Waals surface area contributed by atoms with Crippen LogP contribution >= 0.6 is 11.6 Å². The molecular formula is C9H6ClN2O2-. The van der Waals surface area contributed by atoms with Crippen LogP contribution < -0.4 is 5.23 Å². The summed E-state index contributed by atoms with van der Waals surface area (Å²) >= 11 is 5.89. The summed E-state index contributed by atoms with van der Waals surface area (Å²) in [6.45, 7) is 0. The molecule has 0 fully saturated rings. The molecule has 0 aliphatic heterocycles. The van der Waals surface area contributed by atoms with Crippen LogP contribution in [0.25, 0.3) is 10.9 Å². The molecule has 2 rings (SSSR count). The Hall–Kier alpha value is -1.36. The largest absolute Gasteiger partial charge is 0.733 e. The molecule has 14 heavy (non-hydrogen) atoms. The van der Waals surface area contributed by atoms with Gasteiger partial charge in [0.2, 0.25) is 0 Å². The summed E-state index contributed by atoms with van der Waals surface area (Å²) in [5, 5.41) is 20.5. The van der Waals surface area contributed by atoms with Crippen molar-refractivity contribution in [2.45, 2.75) is 0 Å². The average molecular weight is 210 g/mol. The number of anilines is 1. The average Bonchev–Trinajstić information content (AvgIpc) is 2.17. The number of benzene rings is 1. The molecule has 0 aliphatic rings. The maximum Gasteiger partial charge on any atom is 0.0963 e. The molecule has 5 heteroatoms. The second-order valence-electron chi connectivity index (χ2n) is 2.74. The number of fused-ring (bicyclic) bond motifs is 1. The molecular weight excluding hydrogens is 204 g/mol. The molecule has 0 saturated heterocycles. The van der Waals surface area contributed by atoms with Crippen molar-refractivity contribution >= 4 is 28.2 Å². The Kier molecular flexibility index (Phi) is 2.25. The highest BCUT2D eigenvalue weighted by Gasteiger charge is 2.04. The summed E-state index contributed by atoms with van der Waals surface area (Å²) in [6, 6.07) is 6.46. The lowest BCUT2D eigenvalue weighted by molar-refractivity contribution is 0.297. The van der Waals surface area contributed by atoms with E-state index in [4.69, 9.17) is 16.8 Å². The Labute approximate surface area is 84.9 Å². The van der Waals surface area contributed by atoms with Crippen LogP contribution in [0.15, 0.2) is 30.5 Å². The first kappa shape index (κ1) is 9.21. The molecule has 0 spiro atoms. The Morgan fingerprint density at radius 1 is 1.36 bits per heavy atom. The SMILES string of the molecule is [O-]N(O)c1cccc2c(Cl)ccnc12. The Bertz CT molecular complexity index is 473. The molecule has 0 aliphatic carbocycles. The van der Waals surface area contributed by atoms with Gasteiger partial charge in [-0.25, -0.2) is 0 Å². The van der Waals surface area contributed by atoms with E-state index in [0.29, 0.717) is 15.9 Å². The lowest BCUT2D eigenvalue weighted by Gasteiger charge is -2.22. The zero-order chi connectivity index (χ0) is 10.1.